The molecule has 0 spiro atoms. The fourth-order valence-corrected chi connectivity index (χ4v) is 2.43. The first-order valence-corrected chi connectivity index (χ1v) is 7.51. The molecule has 0 bridgehead atoms. The van der Waals surface area contributed by atoms with Crippen LogP contribution in [0.25, 0.3) is 0 Å². The first kappa shape index (κ1) is 15.7. The summed E-state index contributed by atoms with van der Waals surface area (Å²) in [5.41, 5.74) is 1.62. The molecule has 0 amide bonds. The molecule has 0 aromatic heterocycles. The minimum absolute atomic E-state index is 0.120. The topological polar surface area (TPSA) is 78.6 Å². The summed E-state index contributed by atoms with van der Waals surface area (Å²) in [6.07, 6.45) is 3.22. The van der Waals surface area contributed by atoms with Gasteiger partial charge in [-0.25, -0.2) is 0 Å². The van der Waals surface area contributed by atoms with Crippen LogP contribution < -0.4 is 5.32 Å². The molecule has 1 aromatic carbocycles. The number of nitro benzene ring substituents is 1. The van der Waals surface area contributed by atoms with Gasteiger partial charge in [0.1, 0.15) is 5.69 Å². The standard InChI is InChI=1S/C15H23N3O3/c1-2-7-16-14-6-3-12(10-15(14)18(20)21)11-17(8-9-19)13-4-5-13/h3,6,10,13,16,19H,2,4-5,7-9,11H2,1H3. The van der Waals surface area contributed by atoms with Crippen LogP contribution in [0.5, 0.6) is 0 Å². The van der Waals surface area contributed by atoms with E-state index in [2.05, 4.69) is 10.2 Å². The number of nitrogens with zero attached hydrogens (tertiary/aromatic N) is 2. The van der Waals surface area contributed by atoms with E-state index < -0.39 is 0 Å². The lowest BCUT2D eigenvalue weighted by atomic mass is 10.1. The molecule has 0 aliphatic heterocycles. The van der Waals surface area contributed by atoms with E-state index in [1.54, 1.807) is 12.1 Å². The summed E-state index contributed by atoms with van der Waals surface area (Å²) in [4.78, 5) is 13.1. The van der Waals surface area contributed by atoms with E-state index in [9.17, 15) is 10.1 Å². The molecule has 0 heterocycles. The highest BCUT2D eigenvalue weighted by atomic mass is 16.6. The minimum atomic E-state index is -0.338. The second-order valence-corrected chi connectivity index (χ2v) is 5.46. The van der Waals surface area contributed by atoms with Crippen molar-refractivity contribution in [2.24, 2.45) is 0 Å². The van der Waals surface area contributed by atoms with Crippen LogP contribution in [0.1, 0.15) is 31.7 Å². The molecule has 2 rings (SSSR count). The maximum absolute atomic E-state index is 11.2. The molecular weight excluding hydrogens is 270 g/mol. The van der Waals surface area contributed by atoms with Crippen LogP contribution >= 0.6 is 0 Å². The normalized spacial score (nSPS) is 14.4. The number of anilines is 1. The van der Waals surface area contributed by atoms with E-state index in [-0.39, 0.29) is 17.2 Å². The van der Waals surface area contributed by atoms with Gasteiger partial charge in [0.05, 0.1) is 11.5 Å². The quantitative estimate of drug-likeness (QED) is 0.540. The smallest absolute Gasteiger partial charge is 0.292 e. The molecule has 6 heteroatoms. The summed E-state index contributed by atoms with van der Waals surface area (Å²) >= 11 is 0. The third-order valence-electron chi connectivity index (χ3n) is 3.66. The van der Waals surface area contributed by atoms with Gasteiger partial charge in [0, 0.05) is 31.7 Å². The zero-order valence-corrected chi connectivity index (χ0v) is 12.4. The molecule has 21 heavy (non-hydrogen) atoms. The molecule has 116 valence electrons. The van der Waals surface area contributed by atoms with Gasteiger partial charge in [-0.3, -0.25) is 15.0 Å². The highest BCUT2D eigenvalue weighted by molar-refractivity contribution is 5.62. The third-order valence-corrected chi connectivity index (χ3v) is 3.66. The van der Waals surface area contributed by atoms with Gasteiger partial charge in [-0.1, -0.05) is 13.0 Å². The van der Waals surface area contributed by atoms with Crippen LogP contribution in [-0.4, -0.2) is 40.7 Å². The molecule has 1 saturated carbocycles. The second-order valence-electron chi connectivity index (χ2n) is 5.46. The number of benzene rings is 1. The number of nitrogens with one attached hydrogen (secondary N) is 1. The van der Waals surface area contributed by atoms with E-state index in [1.807, 2.05) is 13.0 Å². The van der Waals surface area contributed by atoms with Gasteiger partial charge in [-0.05, 0) is 30.9 Å². The molecule has 1 fully saturated rings. The number of nitro groups is 1. The average molecular weight is 293 g/mol. The maximum Gasteiger partial charge on any atom is 0.292 e. The van der Waals surface area contributed by atoms with Crippen molar-refractivity contribution in [3.05, 3.63) is 33.9 Å². The molecule has 1 aromatic rings. The van der Waals surface area contributed by atoms with Gasteiger partial charge >= 0.3 is 0 Å². The van der Waals surface area contributed by atoms with Gasteiger partial charge in [0.2, 0.25) is 0 Å². The van der Waals surface area contributed by atoms with Crippen LogP contribution in [0.15, 0.2) is 18.2 Å². The minimum Gasteiger partial charge on any atom is -0.395 e. The summed E-state index contributed by atoms with van der Waals surface area (Å²) in [5.74, 6) is 0. The van der Waals surface area contributed by atoms with E-state index >= 15 is 0 Å². The Bertz CT molecular complexity index is 489. The molecule has 0 radical (unpaired) electrons. The summed E-state index contributed by atoms with van der Waals surface area (Å²) < 4.78 is 0. The van der Waals surface area contributed by atoms with E-state index in [1.165, 1.54) is 0 Å². The van der Waals surface area contributed by atoms with Gasteiger partial charge < -0.3 is 10.4 Å². The Morgan fingerprint density at radius 3 is 2.81 bits per heavy atom. The number of aliphatic hydroxyl groups is 1. The Morgan fingerprint density at radius 1 is 1.48 bits per heavy atom. The Kier molecular flexibility index (Phi) is 5.52. The summed E-state index contributed by atoms with van der Waals surface area (Å²) in [6.45, 7) is 4.14. The van der Waals surface area contributed by atoms with Crippen LogP contribution in [0.3, 0.4) is 0 Å². The highest BCUT2D eigenvalue weighted by Gasteiger charge is 2.28. The van der Waals surface area contributed by atoms with Gasteiger partial charge in [-0.15, -0.1) is 0 Å². The van der Waals surface area contributed by atoms with Crippen molar-refractivity contribution in [2.45, 2.75) is 38.8 Å². The van der Waals surface area contributed by atoms with Crippen LogP contribution in [0.2, 0.25) is 0 Å². The summed E-state index contributed by atoms with van der Waals surface area (Å²) in [5, 5.41) is 23.4. The lowest BCUT2D eigenvalue weighted by Gasteiger charge is -2.21. The molecule has 2 N–H and O–H groups in total. The van der Waals surface area contributed by atoms with Gasteiger partial charge in [-0.2, -0.15) is 0 Å². The molecule has 1 aliphatic rings. The SMILES string of the molecule is CCCNc1ccc(CN(CCO)C2CC2)cc1[N+](=O)[O-]. The third kappa shape index (κ3) is 4.41. The number of hydrogen-bond donors (Lipinski definition) is 2. The zero-order chi connectivity index (χ0) is 15.2. The first-order valence-electron chi connectivity index (χ1n) is 7.51. The fraction of sp³-hybridized carbons (Fsp3) is 0.600. The highest BCUT2D eigenvalue weighted by Crippen LogP contribution is 2.30. The molecule has 0 unspecified atom stereocenters. The summed E-state index contributed by atoms with van der Waals surface area (Å²) in [6, 6.07) is 5.88. The lowest BCUT2D eigenvalue weighted by molar-refractivity contribution is -0.384. The van der Waals surface area contributed by atoms with Gasteiger partial charge in [0.15, 0.2) is 0 Å². The van der Waals surface area contributed by atoms with Crippen LogP contribution in [0.4, 0.5) is 11.4 Å². The molecule has 0 saturated heterocycles. The fourth-order valence-electron chi connectivity index (χ4n) is 2.43. The Labute approximate surface area is 124 Å². The number of hydrogen-bond acceptors (Lipinski definition) is 5. The van der Waals surface area contributed by atoms with Crippen molar-refractivity contribution in [1.82, 2.24) is 4.90 Å². The van der Waals surface area contributed by atoms with Crippen molar-refractivity contribution in [3.8, 4) is 0 Å². The van der Waals surface area contributed by atoms with Crippen molar-refractivity contribution in [3.63, 3.8) is 0 Å². The van der Waals surface area contributed by atoms with Crippen molar-refractivity contribution >= 4 is 11.4 Å². The van der Waals surface area contributed by atoms with Crippen molar-refractivity contribution in [2.75, 3.05) is 25.0 Å². The van der Waals surface area contributed by atoms with Crippen molar-refractivity contribution < 1.29 is 10.0 Å². The summed E-state index contributed by atoms with van der Waals surface area (Å²) in [7, 11) is 0. The monoisotopic (exact) mass is 293 g/mol. The Hall–Kier alpha value is -1.66. The number of aliphatic hydroxyl groups excluding tert-OH is 1. The average Bonchev–Trinajstić information content (AvgIpc) is 3.29. The predicted molar refractivity (Wildman–Crippen MR) is 82.4 cm³/mol. The van der Waals surface area contributed by atoms with E-state index in [4.69, 9.17) is 5.11 Å². The predicted octanol–water partition coefficient (Wildman–Crippen LogP) is 2.37. The van der Waals surface area contributed by atoms with E-state index in [0.717, 1.165) is 31.4 Å². The number of rotatable bonds is 9. The maximum atomic E-state index is 11.2. The first-order chi connectivity index (χ1) is 10.2. The largest absolute Gasteiger partial charge is 0.395 e. The molecular formula is C15H23N3O3. The lowest BCUT2D eigenvalue weighted by Crippen LogP contribution is -2.28. The van der Waals surface area contributed by atoms with Crippen LogP contribution in [0, 0.1) is 10.1 Å². The molecule has 1 aliphatic carbocycles. The Balaban J connectivity index is 2.12. The van der Waals surface area contributed by atoms with Crippen molar-refractivity contribution in [1.29, 1.82) is 0 Å². The Morgan fingerprint density at radius 2 is 2.24 bits per heavy atom. The zero-order valence-electron chi connectivity index (χ0n) is 12.4. The molecule has 0 atom stereocenters. The molecule has 6 nitrogen and oxygen atoms in total. The van der Waals surface area contributed by atoms with Crippen LogP contribution in [-0.2, 0) is 6.54 Å². The second kappa shape index (κ2) is 7.38. The van der Waals surface area contributed by atoms with Gasteiger partial charge in [0.25, 0.3) is 5.69 Å². The van der Waals surface area contributed by atoms with E-state index in [0.29, 0.717) is 24.8 Å².